The van der Waals surface area contributed by atoms with Crippen molar-refractivity contribution in [3.8, 4) is 5.75 Å². The molecule has 1 aliphatic rings. The molecule has 2 aromatic heterocycles. The standard InChI is InChI=1S/C21H20F4N4O2/c1-31-17-11-15-13(19(22)29(28-15)12-6-3-2-4-7-12)10-16(17)27-20(30)14-8-5-9-18(26-14)21(23,24)25/h5,8-12H,2-4,6-7H2,1H3,(H,27,30). The topological polar surface area (TPSA) is 69.0 Å². The highest BCUT2D eigenvalue weighted by molar-refractivity contribution is 6.05. The van der Waals surface area contributed by atoms with Crippen LogP contribution in [0.5, 0.6) is 5.75 Å². The zero-order valence-corrected chi connectivity index (χ0v) is 16.7. The van der Waals surface area contributed by atoms with Gasteiger partial charge in [-0.1, -0.05) is 25.3 Å². The van der Waals surface area contributed by atoms with Crippen LogP contribution in [0, 0.1) is 5.95 Å². The molecule has 0 spiro atoms. The number of carbonyl (C=O) groups excluding carboxylic acids is 1. The minimum absolute atomic E-state index is 0.0282. The van der Waals surface area contributed by atoms with E-state index < -0.39 is 29.4 Å². The van der Waals surface area contributed by atoms with Crippen LogP contribution in [0.4, 0.5) is 23.2 Å². The Morgan fingerprint density at radius 1 is 1.19 bits per heavy atom. The van der Waals surface area contributed by atoms with Gasteiger partial charge in [-0.15, -0.1) is 0 Å². The number of halogens is 4. The van der Waals surface area contributed by atoms with Gasteiger partial charge in [-0.3, -0.25) is 4.79 Å². The Balaban J connectivity index is 1.67. The van der Waals surface area contributed by atoms with Crippen molar-refractivity contribution in [2.75, 3.05) is 12.4 Å². The van der Waals surface area contributed by atoms with Crippen molar-refractivity contribution < 1.29 is 27.1 Å². The highest BCUT2D eigenvalue weighted by atomic mass is 19.4. The van der Waals surface area contributed by atoms with Crippen molar-refractivity contribution in [3.63, 3.8) is 0 Å². The largest absolute Gasteiger partial charge is 0.494 e. The number of nitrogens with one attached hydrogen (secondary N) is 1. The average Bonchev–Trinajstić information content (AvgIpc) is 3.09. The first kappa shape index (κ1) is 21.1. The monoisotopic (exact) mass is 436 g/mol. The lowest BCUT2D eigenvalue weighted by Gasteiger charge is -2.21. The fraction of sp³-hybridized carbons (Fsp3) is 0.381. The molecule has 4 rings (SSSR count). The van der Waals surface area contributed by atoms with Gasteiger partial charge in [0, 0.05) is 6.07 Å². The third-order valence-corrected chi connectivity index (χ3v) is 5.40. The maximum Gasteiger partial charge on any atom is 0.433 e. The summed E-state index contributed by atoms with van der Waals surface area (Å²) in [6.45, 7) is 0. The second kappa shape index (κ2) is 8.16. The van der Waals surface area contributed by atoms with Crippen LogP contribution in [0.1, 0.15) is 54.3 Å². The summed E-state index contributed by atoms with van der Waals surface area (Å²) in [6, 6.07) is 5.88. The number of carbonyl (C=O) groups is 1. The predicted octanol–water partition coefficient (Wildman–Crippen LogP) is 5.36. The molecule has 2 heterocycles. The quantitative estimate of drug-likeness (QED) is 0.560. The van der Waals surface area contributed by atoms with Crippen LogP contribution in [-0.4, -0.2) is 27.8 Å². The zero-order chi connectivity index (χ0) is 22.2. The van der Waals surface area contributed by atoms with Gasteiger partial charge in [0.2, 0.25) is 5.95 Å². The Kier molecular flexibility index (Phi) is 5.55. The number of hydrogen-bond acceptors (Lipinski definition) is 4. The number of benzene rings is 1. The van der Waals surface area contributed by atoms with Crippen LogP contribution in [0.25, 0.3) is 10.9 Å². The first-order valence-corrected chi connectivity index (χ1v) is 9.89. The number of hydrogen-bond donors (Lipinski definition) is 1. The second-order valence-electron chi connectivity index (χ2n) is 7.46. The summed E-state index contributed by atoms with van der Waals surface area (Å²) < 4.78 is 60.4. The third-order valence-electron chi connectivity index (χ3n) is 5.40. The molecular formula is C21H20F4N4O2. The number of amides is 1. The van der Waals surface area contributed by atoms with Crippen LogP contribution in [0.2, 0.25) is 0 Å². The van der Waals surface area contributed by atoms with Crippen molar-refractivity contribution in [1.29, 1.82) is 0 Å². The summed E-state index contributed by atoms with van der Waals surface area (Å²) in [4.78, 5) is 15.9. The van der Waals surface area contributed by atoms with Crippen LogP contribution in [0.15, 0.2) is 30.3 Å². The predicted molar refractivity (Wildman–Crippen MR) is 106 cm³/mol. The van der Waals surface area contributed by atoms with Gasteiger partial charge in [0.1, 0.15) is 17.1 Å². The lowest BCUT2D eigenvalue weighted by atomic mass is 9.96. The first-order chi connectivity index (χ1) is 14.8. The summed E-state index contributed by atoms with van der Waals surface area (Å²) in [7, 11) is 1.37. The Bertz CT molecular complexity index is 1120. The molecule has 1 fully saturated rings. The molecule has 31 heavy (non-hydrogen) atoms. The smallest absolute Gasteiger partial charge is 0.433 e. The molecule has 0 radical (unpaired) electrons. The summed E-state index contributed by atoms with van der Waals surface area (Å²) in [5, 5.41) is 7.03. The van der Waals surface area contributed by atoms with Gasteiger partial charge >= 0.3 is 6.18 Å². The van der Waals surface area contributed by atoms with E-state index in [4.69, 9.17) is 4.74 Å². The zero-order valence-electron chi connectivity index (χ0n) is 16.7. The van der Waals surface area contributed by atoms with Gasteiger partial charge in [0.05, 0.1) is 29.7 Å². The molecule has 164 valence electrons. The number of fused-ring (bicyclic) bond motifs is 1. The molecule has 0 atom stereocenters. The van der Waals surface area contributed by atoms with E-state index in [0.29, 0.717) is 5.52 Å². The third kappa shape index (κ3) is 4.19. The molecule has 1 N–H and O–H groups in total. The van der Waals surface area contributed by atoms with E-state index >= 15 is 4.39 Å². The van der Waals surface area contributed by atoms with Crippen LogP contribution in [0.3, 0.4) is 0 Å². The normalized spacial score (nSPS) is 15.3. The van der Waals surface area contributed by atoms with Crippen LogP contribution >= 0.6 is 0 Å². The molecule has 1 amide bonds. The van der Waals surface area contributed by atoms with Crippen molar-refractivity contribution in [2.24, 2.45) is 0 Å². The number of nitrogens with zero attached hydrogens (tertiary/aromatic N) is 3. The van der Waals surface area contributed by atoms with Crippen LogP contribution < -0.4 is 10.1 Å². The van der Waals surface area contributed by atoms with E-state index in [1.807, 2.05) is 0 Å². The minimum atomic E-state index is -4.68. The fourth-order valence-electron chi connectivity index (χ4n) is 3.84. The molecule has 1 aromatic carbocycles. The van der Waals surface area contributed by atoms with Gasteiger partial charge in [-0.05, 0) is 31.0 Å². The SMILES string of the molecule is COc1cc2nn(C3CCCCC3)c(F)c2cc1NC(=O)c1cccc(C(F)(F)F)n1. The summed E-state index contributed by atoms with van der Waals surface area (Å²) >= 11 is 0. The van der Waals surface area contributed by atoms with Crippen molar-refractivity contribution in [2.45, 2.75) is 44.3 Å². The number of methoxy groups -OCH3 is 1. The van der Waals surface area contributed by atoms with Crippen molar-refractivity contribution in [3.05, 3.63) is 47.7 Å². The molecule has 0 bridgehead atoms. The molecule has 6 nitrogen and oxygen atoms in total. The summed E-state index contributed by atoms with van der Waals surface area (Å²) in [6.07, 6.45) is 0.139. The number of aromatic nitrogens is 3. The maximum absolute atomic E-state index is 15.1. The molecule has 1 saturated carbocycles. The number of rotatable bonds is 4. The summed E-state index contributed by atoms with van der Waals surface area (Å²) in [5.74, 6) is -1.18. The Morgan fingerprint density at radius 2 is 1.94 bits per heavy atom. The molecular weight excluding hydrogens is 416 g/mol. The fourth-order valence-corrected chi connectivity index (χ4v) is 3.84. The van der Waals surface area contributed by atoms with Gasteiger partial charge in [-0.25, -0.2) is 9.67 Å². The molecule has 3 aromatic rings. The molecule has 0 saturated heterocycles. The molecule has 0 unspecified atom stereocenters. The van der Waals surface area contributed by atoms with Gasteiger partial charge < -0.3 is 10.1 Å². The Hall–Kier alpha value is -3.17. The number of ether oxygens (including phenoxy) is 1. The van der Waals surface area contributed by atoms with Crippen molar-refractivity contribution in [1.82, 2.24) is 14.8 Å². The number of pyridine rings is 1. The highest BCUT2D eigenvalue weighted by Gasteiger charge is 2.33. The minimum Gasteiger partial charge on any atom is -0.494 e. The highest BCUT2D eigenvalue weighted by Crippen LogP contribution is 2.35. The van der Waals surface area contributed by atoms with Gasteiger partial charge in [0.15, 0.2) is 0 Å². The molecule has 0 aliphatic heterocycles. The lowest BCUT2D eigenvalue weighted by molar-refractivity contribution is -0.141. The Morgan fingerprint density at radius 3 is 2.61 bits per heavy atom. The van der Waals surface area contributed by atoms with E-state index in [9.17, 15) is 18.0 Å². The molecule has 1 aliphatic carbocycles. The number of anilines is 1. The van der Waals surface area contributed by atoms with E-state index in [1.54, 1.807) is 0 Å². The maximum atomic E-state index is 15.1. The number of alkyl halides is 3. The summed E-state index contributed by atoms with van der Waals surface area (Å²) in [5.41, 5.74) is -1.12. The average molecular weight is 436 g/mol. The Labute approximate surface area is 175 Å². The lowest BCUT2D eigenvalue weighted by Crippen LogP contribution is -2.17. The van der Waals surface area contributed by atoms with E-state index in [0.717, 1.165) is 50.3 Å². The second-order valence-corrected chi connectivity index (χ2v) is 7.46. The van der Waals surface area contributed by atoms with E-state index in [-0.39, 0.29) is 22.9 Å². The van der Waals surface area contributed by atoms with Crippen molar-refractivity contribution >= 4 is 22.5 Å². The first-order valence-electron chi connectivity index (χ1n) is 9.89. The van der Waals surface area contributed by atoms with Gasteiger partial charge in [-0.2, -0.15) is 22.7 Å². The van der Waals surface area contributed by atoms with E-state index in [2.05, 4.69) is 15.4 Å². The van der Waals surface area contributed by atoms with Gasteiger partial charge in [0.25, 0.3) is 5.91 Å². The molecule has 10 heteroatoms. The van der Waals surface area contributed by atoms with E-state index in [1.165, 1.54) is 23.9 Å². The van der Waals surface area contributed by atoms with Crippen LogP contribution in [-0.2, 0) is 6.18 Å².